The maximum Gasteiger partial charge on any atom is 0.229 e. The highest BCUT2D eigenvalue weighted by atomic mass is 32.2. The number of nitrogens with one attached hydrogen (secondary N) is 1. The molecule has 0 aliphatic heterocycles. The van der Waals surface area contributed by atoms with Crippen LogP contribution >= 0.6 is 0 Å². The molecule has 0 aliphatic carbocycles. The number of sulfonamides is 1. The largest absolute Gasteiger partial charge is 0.330 e. The molecule has 0 unspecified atom stereocenters. The minimum absolute atomic E-state index is 0.0936. The quantitative estimate of drug-likeness (QED) is 0.835. The van der Waals surface area contributed by atoms with Crippen LogP contribution in [-0.4, -0.2) is 21.2 Å². The van der Waals surface area contributed by atoms with Crippen molar-refractivity contribution in [2.45, 2.75) is 19.3 Å². The monoisotopic (exact) mass is 242 g/mol. The smallest absolute Gasteiger partial charge is 0.229 e. The van der Waals surface area contributed by atoms with E-state index in [1.165, 1.54) is 0 Å². The molecular formula is C11H18N2O2S. The fourth-order valence-electron chi connectivity index (χ4n) is 1.32. The van der Waals surface area contributed by atoms with Gasteiger partial charge in [0.1, 0.15) is 0 Å². The first-order valence-corrected chi connectivity index (χ1v) is 6.92. The number of rotatable bonds is 4. The van der Waals surface area contributed by atoms with Crippen molar-refractivity contribution in [1.82, 2.24) is 0 Å². The molecule has 0 aliphatic rings. The molecule has 1 aromatic rings. The van der Waals surface area contributed by atoms with E-state index in [1.54, 1.807) is 12.1 Å². The number of anilines is 1. The summed E-state index contributed by atoms with van der Waals surface area (Å²) < 4.78 is 24.4. The van der Waals surface area contributed by atoms with E-state index >= 15 is 0 Å². The molecule has 0 spiro atoms. The van der Waals surface area contributed by atoms with Gasteiger partial charge in [-0.05, 0) is 17.7 Å². The van der Waals surface area contributed by atoms with Gasteiger partial charge in [0.2, 0.25) is 10.0 Å². The Morgan fingerprint density at radius 1 is 1.25 bits per heavy atom. The van der Waals surface area contributed by atoms with E-state index < -0.39 is 10.0 Å². The second kappa shape index (κ2) is 4.43. The van der Waals surface area contributed by atoms with Crippen molar-refractivity contribution in [3.05, 3.63) is 29.8 Å². The van der Waals surface area contributed by atoms with Crippen molar-refractivity contribution < 1.29 is 8.42 Å². The predicted molar refractivity (Wildman–Crippen MR) is 67.0 cm³/mol. The van der Waals surface area contributed by atoms with Gasteiger partial charge in [0.15, 0.2) is 0 Å². The lowest BCUT2D eigenvalue weighted by molar-refractivity contribution is 0.539. The fraction of sp³-hybridized carbons (Fsp3) is 0.455. The molecule has 1 rings (SSSR count). The van der Waals surface area contributed by atoms with Gasteiger partial charge in [-0.3, -0.25) is 4.72 Å². The minimum atomic E-state index is -3.21. The molecule has 90 valence electrons. The average Bonchev–Trinajstić information content (AvgIpc) is 2.16. The van der Waals surface area contributed by atoms with Gasteiger partial charge in [0.05, 0.1) is 6.26 Å². The van der Waals surface area contributed by atoms with E-state index in [0.717, 1.165) is 11.8 Å². The molecule has 0 amide bonds. The molecule has 0 fully saturated rings. The molecule has 4 nitrogen and oxygen atoms in total. The van der Waals surface area contributed by atoms with E-state index in [2.05, 4.69) is 4.72 Å². The van der Waals surface area contributed by atoms with Gasteiger partial charge < -0.3 is 5.73 Å². The fourth-order valence-corrected chi connectivity index (χ4v) is 1.89. The molecule has 16 heavy (non-hydrogen) atoms. The summed E-state index contributed by atoms with van der Waals surface area (Å²) in [5.74, 6) is 0. The van der Waals surface area contributed by atoms with Crippen LogP contribution in [0.25, 0.3) is 0 Å². The topological polar surface area (TPSA) is 72.2 Å². The van der Waals surface area contributed by atoms with E-state index in [0.29, 0.717) is 12.2 Å². The van der Waals surface area contributed by atoms with Gasteiger partial charge in [-0.1, -0.05) is 26.0 Å². The van der Waals surface area contributed by atoms with Crippen molar-refractivity contribution in [2.24, 2.45) is 5.73 Å². The molecule has 0 aromatic heterocycles. The summed E-state index contributed by atoms with van der Waals surface area (Å²) in [5.41, 5.74) is 7.23. The molecule has 0 saturated heterocycles. The molecule has 0 saturated carbocycles. The molecule has 0 bridgehead atoms. The van der Waals surface area contributed by atoms with Crippen LogP contribution in [0.2, 0.25) is 0 Å². The summed E-state index contributed by atoms with van der Waals surface area (Å²) in [4.78, 5) is 0. The van der Waals surface area contributed by atoms with Crippen LogP contribution in [0.5, 0.6) is 0 Å². The first kappa shape index (κ1) is 13.0. The third kappa shape index (κ3) is 3.50. The Balaban J connectivity index is 2.92. The Morgan fingerprint density at radius 2 is 1.75 bits per heavy atom. The second-order valence-electron chi connectivity index (χ2n) is 4.54. The molecule has 0 heterocycles. The zero-order chi connectivity index (χ0) is 12.4. The zero-order valence-corrected chi connectivity index (χ0v) is 10.6. The maximum atomic E-state index is 11.0. The molecule has 5 heteroatoms. The first-order chi connectivity index (χ1) is 7.24. The van der Waals surface area contributed by atoms with Gasteiger partial charge in [-0.15, -0.1) is 0 Å². The lowest BCUT2D eigenvalue weighted by Crippen LogP contribution is -2.27. The second-order valence-corrected chi connectivity index (χ2v) is 6.29. The van der Waals surface area contributed by atoms with Gasteiger partial charge in [-0.2, -0.15) is 0 Å². The van der Waals surface area contributed by atoms with Crippen LogP contribution in [0.4, 0.5) is 5.69 Å². The lowest BCUT2D eigenvalue weighted by atomic mass is 9.85. The van der Waals surface area contributed by atoms with E-state index in [1.807, 2.05) is 26.0 Å². The number of benzene rings is 1. The summed E-state index contributed by atoms with van der Waals surface area (Å²) in [6.07, 6.45) is 1.13. The highest BCUT2D eigenvalue weighted by Gasteiger charge is 2.18. The van der Waals surface area contributed by atoms with E-state index in [-0.39, 0.29) is 5.41 Å². The van der Waals surface area contributed by atoms with Crippen molar-refractivity contribution in [3.8, 4) is 0 Å². The summed E-state index contributed by atoms with van der Waals surface area (Å²) in [6.45, 7) is 4.64. The third-order valence-electron chi connectivity index (χ3n) is 2.48. The normalized spacial score (nSPS) is 12.5. The zero-order valence-electron chi connectivity index (χ0n) is 9.82. The van der Waals surface area contributed by atoms with E-state index in [4.69, 9.17) is 5.73 Å². The summed E-state index contributed by atoms with van der Waals surface area (Å²) in [7, 11) is -3.21. The molecule has 0 atom stereocenters. The number of hydrogen-bond donors (Lipinski definition) is 2. The lowest BCUT2D eigenvalue weighted by Gasteiger charge is -2.23. The number of nitrogens with two attached hydrogens (primary N) is 1. The predicted octanol–water partition coefficient (Wildman–Crippen LogP) is 1.29. The highest BCUT2D eigenvalue weighted by molar-refractivity contribution is 7.92. The van der Waals surface area contributed by atoms with Crippen molar-refractivity contribution in [3.63, 3.8) is 0 Å². The van der Waals surface area contributed by atoms with Crippen LogP contribution in [0.1, 0.15) is 19.4 Å². The van der Waals surface area contributed by atoms with Crippen LogP contribution in [0.15, 0.2) is 24.3 Å². The van der Waals surface area contributed by atoms with Crippen LogP contribution in [-0.2, 0) is 15.4 Å². The first-order valence-electron chi connectivity index (χ1n) is 5.03. The summed E-state index contributed by atoms with van der Waals surface area (Å²) >= 11 is 0. The van der Waals surface area contributed by atoms with Crippen LogP contribution in [0.3, 0.4) is 0 Å². The van der Waals surface area contributed by atoms with Gasteiger partial charge in [0.25, 0.3) is 0 Å². The average molecular weight is 242 g/mol. The SMILES string of the molecule is CC(C)(CN)c1ccc(NS(C)(=O)=O)cc1. The van der Waals surface area contributed by atoms with Gasteiger partial charge >= 0.3 is 0 Å². The van der Waals surface area contributed by atoms with Crippen molar-refractivity contribution in [2.75, 3.05) is 17.5 Å². The van der Waals surface area contributed by atoms with Crippen molar-refractivity contribution in [1.29, 1.82) is 0 Å². The Morgan fingerprint density at radius 3 is 2.12 bits per heavy atom. The minimum Gasteiger partial charge on any atom is -0.330 e. The summed E-state index contributed by atoms with van der Waals surface area (Å²) in [5, 5.41) is 0. The molecule has 1 aromatic carbocycles. The standard InChI is InChI=1S/C11H18N2O2S/c1-11(2,8-12)9-4-6-10(7-5-9)13-16(3,14)15/h4-7,13H,8,12H2,1-3H3. The Labute approximate surface area is 96.9 Å². The molecule has 3 N–H and O–H groups in total. The van der Waals surface area contributed by atoms with Gasteiger partial charge in [0, 0.05) is 17.6 Å². The Bertz CT molecular complexity index is 449. The molecular weight excluding hydrogens is 224 g/mol. The molecule has 0 radical (unpaired) electrons. The number of hydrogen-bond acceptors (Lipinski definition) is 3. The van der Waals surface area contributed by atoms with Gasteiger partial charge in [-0.25, -0.2) is 8.42 Å². The van der Waals surface area contributed by atoms with Crippen LogP contribution in [0, 0.1) is 0 Å². The third-order valence-corrected chi connectivity index (χ3v) is 3.09. The maximum absolute atomic E-state index is 11.0. The summed E-state index contributed by atoms with van der Waals surface area (Å²) in [6, 6.07) is 7.27. The Hall–Kier alpha value is -1.07. The van der Waals surface area contributed by atoms with E-state index in [9.17, 15) is 8.42 Å². The highest BCUT2D eigenvalue weighted by Crippen LogP contribution is 2.23. The van der Waals surface area contributed by atoms with Crippen molar-refractivity contribution >= 4 is 15.7 Å². The van der Waals surface area contributed by atoms with Crippen LogP contribution < -0.4 is 10.5 Å². The Kier molecular flexibility index (Phi) is 3.60.